The van der Waals surface area contributed by atoms with Crippen LogP contribution in [0.3, 0.4) is 0 Å². The van der Waals surface area contributed by atoms with E-state index in [4.69, 9.17) is 9.47 Å². The molecule has 1 heterocycles. The third-order valence-corrected chi connectivity index (χ3v) is 4.87. The number of hydrogen-bond donors (Lipinski definition) is 0. The number of ether oxygens (including phenoxy) is 2. The van der Waals surface area contributed by atoms with E-state index >= 15 is 0 Å². The number of nitro benzene ring substituents is 1. The van der Waals surface area contributed by atoms with E-state index in [0.29, 0.717) is 13.2 Å². The van der Waals surface area contributed by atoms with Crippen molar-refractivity contribution in [1.82, 2.24) is 4.31 Å². The van der Waals surface area contributed by atoms with E-state index in [1.54, 1.807) is 6.07 Å². The number of benzene rings is 1. The van der Waals surface area contributed by atoms with Crippen molar-refractivity contribution >= 4 is 15.7 Å². The Labute approximate surface area is 122 Å². The molecule has 0 N–H and O–H groups in total. The van der Waals surface area contributed by atoms with Gasteiger partial charge in [-0.25, -0.2) is 8.42 Å². The summed E-state index contributed by atoms with van der Waals surface area (Å²) in [5, 5.41) is 10.9. The van der Waals surface area contributed by atoms with Crippen LogP contribution in [0.4, 0.5) is 5.69 Å². The Morgan fingerprint density at radius 1 is 1.33 bits per heavy atom. The molecule has 0 unspecified atom stereocenters. The zero-order chi connectivity index (χ0) is 15.5. The Balaban J connectivity index is 2.11. The molecule has 0 atom stereocenters. The molecule has 116 valence electrons. The number of sulfonamides is 1. The average Bonchev–Trinajstić information content (AvgIpc) is 2.91. The van der Waals surface area contributed by atoms with E-state index in [-0.39, 0.29) is 17.8 Å². The van der Waals surface area contributed by atoms with Gasteiger partial charge in [0, 0.05) is 18.7 Å². The quantitative estimate of drug-likeness (QED) is 0.566. The summed E-state index contributed by atoms with van der Waals surface area (Å²) in [7, 11) is -2.29. The third kappa shape index (κ3) is 3.97. The summed E-state index contributed by atoms with van der Waals surface area (Å²) in [4.78, 5) is 10.3. The summed E-state index contributed by atoms with van der Waals surface area (Å²) in [5.74, 6) is -0.437. The lowest BCUT2D eigenvalue weighted by Gasteiger charge is -2.19. The van der Waals surface area contributed by atoms with Crippen molar-refractivity contribution in [2.45, 2.75) is 12.0 Å². The van der Waals surface area contributed by atoms with Gasteiger partial charge in [0.25, 0.3) is 5.69 Å². The molecule has 1 aromatic rings. The summed E-state index contributed by atoms with van der Waals surface area (Å²) >= 11 is 0. The van der Waals surface area contributed by atoms with Crippen LogP contribution in [0.5, 0.6) is 0 Å². The molecule has 1 fully saturated rings. The molecule has 9 heteroatoms. The second-order valence-corrected chi connectivity index (χ2v) is 6.67. The SMILES string of the molecule is CN(CC1OCCO1)S(=O)(=O)Cc1ccccc1[N+](=O)[O-]. The molecule has 0 radical (unpaired) electrons. The van der Waals surface area contributed by atoms with Gasteiger partial charge in [-0.1, -0.05) is 18.2 Å². The van der Waals surface area contributed by atoms with Crippen LogP contribution in [-0.2, 0) is 25.2 Å². The minimum Gasteiger partial charge on any atom is -0.349 e. The van der Waals surface area contributed by atoms with E-state index < -0.39 is 27.0 Å². The van der Waals surface area contributed by atoms with Crippen molar-refractivity contribution in [2.24, 2.45) is 0 Å². The molecule has 1 aliphatic heterocycles. The Bertz CT molecular complexity index is 612. The van der Waals surface area contributed by atoms with Crippen LogP contribution in [0.25, 0.3) is 0 Å². The van der Waals surface area contributed by atoms with Crippen LogP contribution in [0.1, 0.15) is 5.56 Å². The molecule has 0 bridgehead atoms. The Kier molecular flexibility index (Phi) is 4.88. The predicted molar refractivity (Wildman–Crippen MR) is 74.0 cm³/mol. The van der Waals surface area contributed by atoms with Crippen LogP contribution >= 0.6 is 0 Å². The highest BCUT2D eigenvalue weighted by Gasteiger charge is 2.27. The standard InChI is InChI=1S/C12H16N2O6S/c1-13(8-12-19-6-7-20-12)21(17,18)9-10-4-2-3-5-11(10)14(15)16/h2-5,12H,6-9H2,1H3. The van der Waals surface area contributed by atoms with E-state index in [2.05, 4.69) is 0 Å². The van der Waals surface area contributed by atoms with Gasteiger partial charge in [-0.3, -0.25) is 10.1 Å². The number of likely N-dealkylation sites (N-methyl/N-ethyl adjacent to an activating group) is 1. The number of rotatable bonds is 6. The van der Waals surface area contributed by atoms with Gasteiger partial charge in [0.15, 0.2) is 6.29 Å². The fourth-order valence-corrected chi connectivity index (χ4v) is 3.16. The van der Waals surface area contributed by atoms with E-state index in [1.807, 2.05) is 0 Å². The third-order valence-electron chi connectivity index (χ3n) is 3.10. The fraction of sp³-hybridized carbons (Fsp3) is 0.500. The lowest BCUT2D eigenvalue weighted by Crippen LogP contribution is -2.35. The second-order valence-electron chi connectivity index (χ2n) is 4.59. The first-order valence-corrected chi connectivity index (χ1v) is 7.90. The molecular formula is C12H16N2O6S. The molecule has 0 amide bonds. The van der Waals surface area contributed by atoms with Crippen molar-refractivity contribution in [3.05, 3.63) is 39.9 Å². The Morgan fingerprint density at radius 2 is 1.95 bits per heavy atom. The lowest BCUT2D eigenvalue weighted by atomic mass is 10.2. The lowest BCUT2D eigenvalue weighted by molar-refractivity contribution is -0.385. The second kappa shape index (κ2) is 6.48. The Hall–Kier alpha value is -1.55. The van der Waals surface area contributed by atoms with Gasteiger partial charge in [0.2, 0.25) is 10.0 Å². The first-order chi connectivity index (χ1) is 9.90. The molecule has 1 saturated heterocycles. The molecular weight excluding hydrogens is 300 g/mol. The summed E-state index contributed by atoms with van der Waals surface area (Å²) in [6.07, 6.45) is -0.587. The summed E-state index contributed by atoms with van der Waals surface area (Å²) in [6, 6.07) is 5.79. The Morgan fingerprint density at radius 3 is 2.57 bits per heavy atom. The van der Waals surface area contributed by atoms with Crippen LogP contribution in [0, 0.1) is 10.1 Å². The predicted octanol–water partition coefficient (Wildman–Crippen LogP) is 0.729. The number of para-hydroxylation sites is 1. The monoisotopic (exact) mass is 316 g/mol. The molecule has 8 nitrogen and oxygen atoms in total. The molecule has 21 heavy (non-hydrogen) atoms. The number of hydrogen-bond acceptors (Lipinski definition) is 6. The van der Waals surface area contributed by atoms with Crippen molar-refractivity contribution in [3.8, 4) is 0 Å². The maximum absolute atomic E-state index is 12.3. The van der Waals surface area contributed by atoms with E-state index in [1.165, 1.54) is 25.2 Å². The van der Waals surface area contributed by atoms with Crippen LogP contribution in [-0.4, -0.2) is 50.7 Å². The van der Waals surface area contributed by atoms with Gasteiger partial charge in [-0.05, 0) is 0 Å². The summed E-state index contributed by atoms with van der Waals surface area (Å²) < 4.78 is 36.0. The zero-order valence-corrected chi connectivity index (χ0v) is 12.3. The van der Waals surface area contributed by atoms with Gasteiger partial charge >= 0.3 is 0 Å². The number of nitro groups is 1. The van der Waals surface area contributed by atoms with Crippen molar-refractivity contribution in [3.63, 3.8) is 0 Å². The highest BCUT2D eigenvalue weighted by Crippen LogP contribution is 2.21. The maximum atomic E-state index is 12.3. The van der Waals surface area contributed by atoms with Crippen molar-refractivity contribution in [1.29, 1.82) is 0 Å². The zero-order valence-electron chi connectivity index (χ0n) is 11.5. The normalized spacial score (nSPS) is 16.5. The minimum atomic E-state index is -3.69. The first-order valence-electron chi connectivity index (χ1n) is 6.29. The molecule has 0 saturated carbocycles. The first kappa shape index (κ1) is 15.8. The highest BCUT2D eigenvalue weighted by atomic mass is 32.2. The van der Waals surface area contributed by atoms with Gasteiger partial charge in [0.1, 0.15) is 0 Å². The molecule has 1 aliphatic rings. The van der Waals surface area contributed by atoms with Gasteiger partial charge in [-0.15, -0.1) is 0 Å². The molecule has 1 aromatic carbocycles. The van der Waals surface area contributed by atoms with Gasteiger partial charge in [-0.2, -0.15) is 4.31 Å². The fourth-order valence-electron chi connectivity index (χ4n) is 1.95. The molecule has 0 spiro atoms. The van der Waals surface area contributed by atoms with Crippen LogP contribution in [0.2, 0.25) is 0 Å². The topological polar surface area (TPSA) is 99.0 Å². The summed E-state index contributed by atoms with van der Waals surface area (Å²) in [6.45, 7) is 0.925. The minimum absolute atomic E-state index is 0.0585. The average molecular weight is 316 g/mol. The molecule has 0 aliphatic carbocycles. The van der Waals surface area contributed by atoms with Crippen LogP contribution < -0.4 is 0 Å². The number of nitrogens with zero attached hydrogens (tertiary/aromatic N) is 2. The van der Waals surface area contributed by atoms with Gasteiger partial charge < -0.3 is 9.47 Å². The maximum Gasteiger partial charge on any atom is 0.273 e. The highest BCUT2D eigenvalue weighted by molar-refractivity contribution is 7.88. The summed E-state index contributed by atoms with van der Waals surface area (Å²) in [5.41, 5.74) is -0.0505. The van der Waals surface area contributed by atoms with E-state index in [0.717, 1.165) is 4.31 Å². The molecule has 0 aromatic heterocycles. The van der Waals surface area contributed by atoms with E-state index in [9.17, 15) is 18.5 Å². The molecule has 2 rings (SSSR count). The van der Waals surface area contributed by atoms with Crippen LogP contribution in [0.15, 0.2) is 24.3 Å². The smallest absolute Gasteiger partial charge is 0.273 e. The van der Waals surface area contributed by atoms with Crippen molar-refractivity contribution in [2.75, 3.05) is 26.8 Å². The van der Waals surface area contributed by atoms with Gasteiger partial charge in [0.05, 0.1) is 30.4 Å². The van der Waals surface area contributed by atoms with Crippen molar-refractivity contribution < 1.29 is 22.8 Å². The largest absolute Gasteiger partial charge is 0.349 e.